The van der Waals surface area contributed by atoms with E-state index in [1.807, 2.05) is 13.8 Å². The lowest BCUT2D eigenvalue weighted by Crippen LogP contribution is -2.32. The molecule has 0 heterocycles. The average Bonchev–Trinajstić information content (AvgIpc) is 2.59. The zero-order chi connectivity index (χ0) is 20.0. The largest absolute Gasteiger partial charge is 0.461 e. The number of carbonyl (C=O) groups excluding carboxylic acids is 2. The van der Waals surface area contributed by atoms with Crippen LogP contribution >= 0.6 is 0 Å². The zero-order valence-electron chi connectivity index (χ0n) is 16.2. The van der Waals surface area contributed by atoms with Crippen LogP contribution in [-0.4, -0.2) is 57.8 Å². The van der Waals surface area contributed by atoms with Gasteiger partial charge >= 0.3 is 5.97 Å². The Morgan fingerprint density at radius 1 is 1.12 bits per heavy atom. The molecule has 1 amide bonds. The van der Waals surface area contributed by atoms with Crippen molar-refractivity contribution < 1.29 is 26.9 Å². The van der Waals surface area contributed by atoms with Crippen LogP contribution in [0.4, 0.5) is 0 Å². The first-order valence-corrected chi connectivity index (χ1v) is 10.6. The average molecular weight is 392 g/mol. The standard InChI is InChI=1S/C18H33NO6S/c1-5-13-24-18(21)11-9-7-6-8-10-17(20)19(4)12-14-26(22,23)25-15-16(2)3/h5,16H,1,6-15H2,2-4H3. The third-order valence-electron chi connectivity index (χ3n) is 3.57. The highest BCUT2D eigenvalue weighted by atomic mass is 32.2. The third-order valence-corrected chi connectivity index (χ3v) is 4.74. The van der Waals surface area contributed by atoms with Crippen molar-refractivity contribution in [2.75, 3.05) is 32.6 Å². The van der Waals surface area contributed by atoms with Crippen LogP contribution in [0.2, 0.25) is 0 Å². The van der Waals surface area contributed by atoms with Gasteiger partial charge in [-0.3, -0.25) is 13.8 Å². The van der Waals surface area contributed by atoms with Crippen molar-refractivity contribution in [1.29, 1.82) is 0 Å². The molecule has 0 aromatic heterocycles. The van der Waals surface area contributed by atoms with Crippen molar-refractivity contribution >= 4 is 22.0 Å². The van der Waals surface area contributed by atoms with Crippen molar-refractivity contribution in [3.05, 3.63) is 12.7 Å². The molecule has 7 nitrogen and oxygen atoms in total. The number of esters is 1. The topological polar surface area (TPSA) is 90.0 Å². The summed E-state index contributed by atoms with van der Waals surface area (Å²) in [5.74, 6) is -0.390. The van der Waals surface area contributed by atoms with Crippen molar-refractivity contribution in [3.63, 3.8) is 0 Å². The summed E-state index contributed by atoms with van der Waals surface area (Å²) in [6.45, 7) is 7.72. The molecular formula is C18H33NO6S. The Bertz CT molecular complexity index is 530. The second-order valence-electron chi connectivity index (χ2n) is 6.64. The number of hydrogen-bond donors (Lipinski definition) is 0. The second-order valence-corrected chi connectivity index (χ2v) is 8.40. The van der Waals surface area contributed by atoms with Gasteiger partial charge in [-0.25, -0.2) is 0 Å². The molecule has 0 aliphatic carbocycles. The van der Waals surface area contributed by atoms with Gasteiger partial charge < -0.3 is 9.64 Å². The predicted molar refractivity (Wildman–Crippen MR) is 101 cm³/mol. The Morgan fingerprint density at radius 2 is 1.73 bits per heavy atom. The number of unbranched alkanes of at least 4 members (excludes halogenated alkanes) is 3. The van der Waals surface area contributed by atoms with E-state index in [2.05, 4.69) is 6.58 Å². The molecule has 0 aromatic carbocycles. The molecule has 0 saturated carbocycles. The maximum atomic E-state index is 12.0. The van der Waals surface area contributed by atoms with Crippen molar-refractivity contribution in [3.8, 4) is 0 Å². The van der Waals surface area contributed by atoms with Gasteiger partial charge in [0.2, 0.25) is 5.91 Å². The molecule has 0 atom stereocenters. The Balaban J connectivity index is 3.82. The first-order valence-electron chi connectivity index (χ1n) is 9.05. The van der Waals surface area contributed by atoms with E-state index in [-0.39, 0.29) is 43.3 Å². The first-order chi connectivity index (χ1) is 12.2. The molecular weight excluding hydrogens is 358 g/mol. The van der Waals surface area contributed by atoms with Gasteiger partial charge in [-0.05, 0) is 18.8 Å². The summed E-state index contributed by atoms with van der Waals surface area (Å²) in [4.78, 5) is 24.7. The van der Waals surface area contributed by atoms with Crippen LogP contribution in [0.25, 0.3) is 0 Å². The van der Waals surface area contributed by atoms with Gasteiger partial charge in [0.05, 0.1) is 12.4 Å². The molecule has 0 rings (SSSR count). The Morgan fingerprint density at radius 3 is 2.31 bits per heavy atom. The fourth-order valence-electron chi connectivity index (χ4n) is 1.99. The van der Waals surface area contributed by atoms with Crippen LogP contribution in [-0.2, 0) is 28.6 Å². The summed E-state index contributed by atoms with van der Waals surface area (Å²) in [6.07, 6.45) is 5.39. The lowest BCUT2D eigenvalue weighted by molar-refractivity contribution is -0.142. The van der Waals surface area contributed by atoms with Gasteiger partial charge in [0, 0.05) is 26.4 Å². The lowest BCUT2D eigenvalue weighted by atomic mass is 10.1. The third kappa shape index (κ3) is 13.8. The van der Waals surface area contributed by atoms with Gasteiger partial charge in [0.15, 0.2) is 0 Å². The molecule has 0 unspecified atom stereocenters. The molecule has 0 fully saturated rings. The van der Waals surface area contributed by atoms with Crippen molar-refractivity contribution in [2.24, 2.45) is 5.92 Å². The smallest absolute Gasteiger partial charge is 0.306 e. The maximum absolute atomic E-state index is 12.0. The van der Waals surface area contributed by atoms with Gasteiger partial charge in [-0.2, -0.15) is 8.42 Å². The molecule has 0 N–H and O–H groups in total. The van der Waals surface area contributed by atoms with Crippen LogP contribution in [0.5, 0.6) is 0 Å². The molecule has 8 heteroatoms. The predicted octanol–water partition coefficient (Wildman–Crippen LogP) is 2.52. The zero-order valence-corrected chi connectivity index (χ0v) is 17.1. The Labute approximate surface area is 157 Å². The van der Waals surface area contributed by atoms with Crippen molar-refractivity contribution in [1.82, 2.24) is 4.90 Å². The highest BCUT2D eigenvalue weighted by Crippen LogP contribution is 2.08. The van der Waals surface area contributed by atoms with Crippen molar-refractivity contribution in [2.45, 2.75) is 52.4 Å². The van der Waals surface area contributed by atoms with Crippen LogP contribution in [0.1, 0.15) is 52.4 Å². The highest BCUT2D eigenvalue weighted by Gasteiger charge is 2.16. The Kier molecular flexibility index (Phi) is 13.0. The van der Waals surface area contributed by atoms with Gasteiger partial charge in [0.25, 0.3) is 10.1 Å². The number of hydrogen-bond acceptors (Lipinski definition) is 6. The lowest BCUT2D eigenvalue weighted by Gasteiger charge is -2.17. The molecule has 0 spiro atoms. The number of ether oxygens (including phenoxy) is 1. The molecule has 0 bridgehead atoms. The molecule has 0 aliphatic heterocycles. The summed E-state index contributed by atoms with van der Waals surface area (Å²) in [5, 5.41) is 0. The van der Waals surface area contributed by atoms with E-state index in [0.717, 1.165) is 19.3 Å². The fraction of sp³-hybridized carbons (Fsp3) is 0.778. The van der Waals surface area contributed by atoms with E-state index in [0.29, 0.717) is 19.3 Å². The van der Waals surface area contributed by atoms with Gasteiger partial charge in [0.1, 0.15) is 6.61 Å². The summed E-state index contributed by atoms with van der Waals surface area (Å²) in [6, 6.07) is 0. The first kappa shape index (κ1) is 24.6. The minimum atomic E-state index is -3.60. The fourth-order valence-corrected chi connectivity index (χ4v) is 3.08. The summed E-state index contributed by atoms with van der Waals surface area (Å²) in [5.41, 5.74) is 0. The quantitative estimate of drug-likeness (QED) is 0.184. The molecule has 152 valence electrons. The van der Waals surface area contributed by atoms with Gasteiger partial charge in [-0.15, -0.1) is 0 Å². The summed E-state index contributed by atoms with van der Waals surface area (Å²) in [7, 11) is -2.00. The van der Waals surface area contributed by atoms with E-state index in [1.165, 1.54) is 11.0 Å². The van der Waals surface area contributed by atoms with Gasteiger partial charge in [-0.1, -0.05) is 39.3 Å². The SMILES string of the molecule is C=CCOC(=O)CCCCCCC(=O)N(C)CCS(=O)(=O)OCC(C)C. The van der Waals surface area contributed by atoms with Crippen LogP contribution in [0, 0.1) is 5.92 Å². The van der Waals surface area contributed by atoms with E-state index in [9.17, 15) is 18.0 Å². The van der Waals surface area contributed by atoms with Crippen LogP contribution in [0.3, 0.4) is 0 Å². The van der Waals surface area contributed by atoms with Crippen LogP contribution in [0.15, 0.2) is 12.7 Å². The monoisotopic (exact) mass is 391 g/mol. The van der Waals surface area contributed by atoms with E-state index in [4.69, 9.17) is 8.92 Å². The molecule has 0 saturated heterocycles. The molecule has 0 radical (unpaired) electrons. The number of rotatable bonds is 15. The van der Waals surface area contributed by atoms with E-state index in [1.54, 1.807) is 7.05 Å². The van der Waals surface area contributed by atoms with E-state index < -0.39 is 10.1 Å². The maximum Gasteiger partial charge on any atom is 0.306 e. The minimum Gasteiger partial charge on any atom is -0.461 e. The summed E-state index contributed by atoms with van der Waals surface area (Å²) < 4.78 is 33.2. The number of nitrogens with zero attached hydrogens (tertiary/aromatic N) is 1. The highest BCUT2D eigenvalue weighted by molar-refractivity contribution is 7.86. The molecule has 0 aromatic rings. The number of carbonyl (C=O) groups is 2. The second kappa shape index (κ2) is 13.7. The molecule has 26 heavy (non-hydrogen) atoms. The minimum absolute atomic E-state index is 0.0885. The summed E-state index contributed by atoms with van der Waals surface area (Å²) >= 11 is 0. The Hall–Kier alpha value is -1.41. The van der Waals surface area contributed by atoms with E-state index >= 15 is 0 Å². The molecule has 0 aliphatic rings. The number of amides is 1. The normalized spacial score (nSPS) is 11.4. The van der Waals surface area contributed by atoms with Crippen LogP contribution < -0.4 is 0 Å².